The Hall–Kier alpha value is -0.0800. The number of hydrogen-bond acceptors (Lipinski definition) is 2. The van der Waals surface area contributed by atoms with E-state index in [1.807, 2.05) is 7.05 Å². The van der Waals surface area contributed by atoms with Gasteiger partial charge in [-0.1, -0.05) is 13.8 Å². The van der Waals surface area contributed by atoms with Crippen LogP contribution in [0.4, 0.5) is 0 Å². The number of rotatable bonds is 5. The summed E-state index contributed by atoms with van der Waals surface area (Å²) in [6.45, 7) is 6.72. The zero-order valence-electron chi connectivity index (χ0n) is 9.23. The van der Waals surface area contributed by atoms with E-state index in [1.54, 1.807) is 0 Å². The van der Waals surface area contributed by atoms with Crippen LogP contribution < -0.4 is 5.32 Å². The second-order valence-corrected chi connectivity index (χ2v) is 4.87. The number of hydrogen-bond donors (Lipinski definition) is 1. The van der Waals surface area contributed by atoms with E-state index in [4.69, 9.17) is 4.74 Å². The van der Waals surface area contributed by atoms with Gasteiger partial charge in [-0.2, -0.15) is 0 Å². The summed E-state index contributed by atoms with van der Waals surface area (Å²) in [4.78, 5) is 0. The minimum atomic E-state index is 0.417. The Morgan fingerprint density at radius 2 is 2.23 bits per heavy atom. The van der Waals surface area contributed by atoms with Crippen molar-refractivity contribution in [1.29, 1.82) is 0 Å². The first-order valence-electron chi connectivity index (χ1n) is 5.40. The molecule has 1 saturated heterocycles. The van der Waals surface area contributed by atoms with Crippen molar-refractivity contribution in [2.75, 3.05) is 20.2 Å². The van der Waals surface area contributed by atoms with Crippen LogP contribution in [0.1, 0.15) is 39.5 Å². The lowest BCUT2D eigenvalue weighted by Gasteiger charge is -2.25. The summed E-state index contributed by atoms with van der Waals surface area (Å²) in [6, 6.07) is 0. The van der Waals surface area contributed by atoms with Crippen LogP contribution in [0.25, 0.3) is 0 Å². The minimum absolute atomic E-state index is 0.417. The molecule has 13 heavy (non-hydrogen) atoms. The van der Waals surface area contributed by atoms with Gasteiger partial charge in [0, 0.05) is 6.61 Å². The summed E-state index contributed by atoms with van der Waals surface area (Å²) in [5, 5.41) is 3.24. The van der Waals surface area contributed by atoms with Crippen LogP contribution in [0.15, 0.2) is 0 Å². The summed E-state index contributed by atoms with van der Waals surface area (Å²) >= 11 is 0. The zero-order chi connectivity index (χ0) is 9.73. The van der Waals surface area contributed by atoms with Crippen molar-refractivity contribution in [3.63, 3.8) is 0 Å². The van der Waals surface area contributed by atoms with Gasteiger partial charge in [-0.3, -0.25) is 0 Å². The maximum Gasteiger partial charge on any atom is 0.0576 e. The maximum atomic E-state index is 5.61. The topological polar surface area (TPSA) is 21.3 Å². The van der Waals surface area contributed by atoms with Crippen molar-refractivity contribution in [3.8, 4) is 0 Å². The highest BCUT2D eigenvalue weighted by molar-refractivity contribution is 4.74. The van der Waals surface area contributed by atoms with Gasteiger partial charge >= 0.3 is 0 Å². The molecule has 1 atom stereocenters. The number of ether oxygens (including phenoxy) is 1. The normalized spacial score (nSPS) is 23.8. The first kappa shape index (κ1) is 11.0. The summed E-state index contributed by atoms with van der Waals surface area (Å²) in [5.74, 6) is 0. The second-order valence-electron chi connectivity index (χ2n) is 4.87. The van der Waals surface area contributed by atoms with Crippen LogP contribution >= 0.6 is 0 Å². The van der Waals surface area contributed by atoms with Crippen LogP contribution in [-0.4, -0.2) is 26.3 Å². The predicted octanol–water partition coefficient (Wildman–Crippen LogP) is 2.19. The van der Waals surface area contributed by atoms with E-state index < -0.39 is 0 Å². The van der Waals surface area contributed by atoms with Crippen molar-refractivity contribution in [1.82, 2.24) is 5.32 Å². The van der Waals surface area contributed by atoms with Crippen molar-refractivity contribution in [2.45, 2.75) is 45.6 Å². The third-order valence-electron chi connectivity index (χ3n) is 2.82. The zero-order valence-corrected chi connectivity index (χ0v) is 9.23. The van der Waals surface area contributed by atoms with Crippen molar-refractivity contribution in [3.05, 3.63) is 0 Å². The van der Waals surface area contributed by atoms with Crippen LogP contribution in [0.5, 0.6) is 0 Å². The van der Waals surface area contributed by atoms with Gasteiger partial charge in [0.05, 0.1) is 6.10 Å². The predicted molar refractivity (Wildman–Crippen MR) is 55.9 cm³/mol. The summed E-state index contributed by atoms with van der Waals surface area (Å²) in [7, 11) is 2.02. The molecule has 1 rings (SSSR count). The molecule has 2 heteroatoms. The highest BCUT2D eigenvalue weighted by atomic mass is 16.5. The lowest BCUT2D eigenvalue weighted by atomic mass is 9.86. The molecule has 0 radical (unpaired) electrons. The van der Waals surface area contributed by atoms with E-state index in [2.05, 4.69) is 19.2 Å². The third-order valence-corrected chi connectivity index (χ3v) is 2.82. The third kappa shape index (κ3) is 4.10. The maximum absolute atomic E-state index is 5.61. The van der Waals surface area contributed by atoms with Gasteiger partial charge in [-0.15, -0.1) is 0 Å². The Morgan fingerprint density at radius 1 is 1.46 bits per heavy atom. The molecule has 0 bridgehead atoms. The highest BCUT2D eigenvalue weighted by Crippen LogP contribution is 2.26. The number of nitrogens with one attached hydrogen (secondary N) is 1. The Kier molecular flexibility index (Phi) is 4.20. The average molecular weight is 185 g/mol. The van der Waals surface area contributed by atoms with Gasteiger partial charge in [-0.25, -0.2) is 0 Å². The fourth-order valence-corrected chi connectivity index (χ4v) is 1.99. The second kappa shape index (κ2) is 4.97. The Labute approximate surface area is 82.0 Å². The molecule has 0 spiro atoms. The first-order valence-corrected chi connectivity index (χ1v) is 5.40. The van der Waals surface area contributed by atoms with Crippen molar-refractivity contribution >= 4 is 0 Å². The molecule has 0 aromatic heterocycles. The van der Waals surface area contributed by atoms with Crippen LogP contribution in [0.2, 0.25) is 0 Å². The minimum Gasteiger partial charge on any atom is -0.378 e. The molecule has 1 N–H and O–H groups in total. The molecule has 2 nitrogen and oxygen atoms in total. The van der Waals surface area contributed by atoms with E-state index in [0.29, 0.717) is 11.5 Å². The van der Waals surface area contributed by atoms with E-state index in [-0.39, 0.29) is 0 Å². The van der Waals surface area contributed by atoms with Gasteiger partial charge in [0.2, 0.25) is 0 Å². The van der Waals surface area contributed by atoms with E-state index in [1.165, 1.54) is 25.7 Å². The molecular formula is C11H23NO. The Bertz CT molecular complexity index is 139. The molecular weight excluding hydrogens is 162 g/mol. The van der Waals surface area contributed by atoms with Crippen LogP contribution in [0, 0.1) is 5.41 Å². The lowest BCUT2D eigenvalue weighted by Crippen LogP contribution is -2.27. The average Bonchev–Trinajstić information content (AvgIpc) is 2.52. The largest absolute Gasteiger partial charge is 0.378 e. The monoisotopic (exact) mass is 185 g/mol. The van der Waals surface area contributed by atoms with Gasteiger partial charge < -0.3 is 10.1 Å². The molecule has 0 aromatic rings. The standard InChI is InChI=1S/C11H23NO/c1-11(2,9-12-3)7-6-10-5-4-8-13-10/h10,12H,4-9H2,1-3H3. The van der Waals surface area contributed by atoms with Crippen LogP contribution in [0.3, 0.4) is 0 Å². The highest BCUT2D eigenvalue weighted by Gasteiger charge is 2.21. The lowest BCUT2D eigenvalue weighted by molar-refractivity contribution is 0.0917. The van der Waals surface area contributed by atoms with Crippen molar-refractivity contribution < 1.29 is 4.74 Å². The molecule has 0 amide bonds. The van der Waals surface area contributed by atoms with Crippen molar-refractivity contribution in [2.24, 2.45) is 5.41 Å². The first-order chi connectivity index (χ1) is 6.14. The SMILES string of the molecule is CNCC(C)(C)CCC1CCCO1. The fourth-order valence-electron chi connectivity index (χ4n) is 1.99. The molecule has 1 aliphatic heterocycles. The van der Waals surface area contributed by atoms with Gasteiger partial charge in [0.1, 0.15) is 0 Å². The molecule has 0 saturated carbocycles. The van der Waals surface area contributed by atoms with Gasteiger partial charge in [0.15, 0.2) is 0 Å². The Balaban J connectivity index is 2.15. The smallest absolute Gasteiger partial charge is 0.0576 e. The summed E-state index contributed by atoms with van der Waals surface area (Å²) in [6.07, 6.45) is 5.58. The molecule has 1 unspecified atom stereocenters. The summed E-state index contributed by atoms with van der Waals surface area (Å²) < 4.78 is 5.61. The molecule has 1 fully saturated rings. The van der Waals surface area contributed by atoms with E-state index in [9.17, 15) is 0 Å². The van der Waals surface area contributed by atoms with E-state index in [0.717, 1.165) is 13.2 Å². The van der Waals surface area contributed by atoms with Crippen LogP contribution in [-0.2, 0) is 4.74 Å². The molecule has 0 aromatic carbocycles. The Morgan fingerprint density at radius 3 is 2.77 bits per heavy atom. The van der Waals surface area contributed by atoms with E-state index >= 15 is 0 Å². The van der Waals surface area contributed by atoms with Gasteiger partial charge in [0.25, 0.3) is 0 Å². The molecule has 78 valence electrons. The fraction of sp³-hybridized carbons (Fsp3) is 1.00. The molecule has 0 aliphatic carbocycles. The molecule has 1 aliphatic rings. The quantitative estimate of drug-likeness (QED) is 0.709. The van der Waals surface area contributed by atoms with Gasteiger partial charge in [-0.05, 0) is 44.7 Å². The molecule has 1 heterocycles. The summed E-state index contributed by atoms with van der Waals surface area (Å²) in [5.41, 5.74) is 0.417.